The van der Waals surface area contributed by atoms with Crippen molar-refractivity contribution in [3.05, 3.63) is 65.1 Å². The fourth-order valence-corrected chi connectivity index (χ4v) is 4.06. The minimum absolute atomic E-state index is 0.0496. The molecule has 0 spiro atoms. The number of nitrogens with one attached hydrogen (secondary N) is 1. The highest BCUT2D eigenvalue weighted by molar-refractivity contribution is 5.94. The van der Waals surface area contributed by atoms with Crippen LogP contribution < -0.4 is 5.32 Å². The molecule has 0 bridgehead atoms. The number of aromatic nitrogens is 2. The number of nitrogens with zero attached hydrogens (tertiary/aromatic N) is 3. The Kier molecular flexibility index (Phi) is 6.33. The first-order valence-electron chi connectivity index (χ1n) is 10.9. The van der Waals surface area contributed by atoms with E-state index in [1.54, 1.807) is 12.1 Å². The van der Waals surface area contributed by atoms with E-state index in [0.29, 0.717) is 12.2 Å². The summed E-state index contributed by atoms with van der Waals surface area (Å²) in [4.78, 5) is 20.0. The molecule has 6 heteroatoms. The molecule has 0 unspecified atom stereocenters. The van der Waals surface area contributed by atoms with Crippen molar-refractivity contribution in [2.75, 3.05) is 19.6 Å². The smallest absolute Gasteiger partial charge is 0.274 e. The third-order valence-corrected chi connectivity index (χ3v) is 5.80. The second kappa shape index (κ2) is 9.30. The largest absolute Gasteiger partial charge is 0.508 e. The van der Waals surface area contributed by atoms with Gasteiger partial charge in [-0.25, -0.2) is 4.98 Å². The molecule has 1 aliphatic heterocycles. The minimum Gasteiger partial charge on any atom is -0.508 e. The van der Waals surface area contributed by atoms with Gasteiger partial charge in [0.25, 0.3) is 5.91 Å². The van der Waals surface area contributed by atoms with Crippen LogP contribution in [-0.4, -0.2) is 44.9 Å². The molecule has 2 aromatic heterocycles. The summed E-state index contributed by atoms with van der Waals surface area (Å²) in [5.41, 5.74) is 4.61. The van der Waals surface area contributed by atoms with E-state index in [4.69, 9.17) is 4.98 Å². The first-order valence-corrected chi connectivity index (χ1v) is 10.9. The highest BCUT2D eigenvalue weighted by atomic mass is 16.3. The van der Waals surface area contributed by atoms with Crippen LogP contribution in [0.3, 0.4) is 0 Å². The van der Waals surface area contributed by atoms with Crippen molar-refractivity contribution in [2.45, 2.75) is 45.6 Å². The van der Waals surface area contributed by atoms with E-state index in [1.807, 2.05) is 40.6 Å². The fraction of sp³-hybridized carbons (Fsp3) is 0.417. The number of carbonyl (C=O) groups excluding carboxylic acids is 1. The molecule has 1 fully saturated rings. The normalized spacial score (nSPS) is 14.8. The van der Waals surface area contributed by atoms with Crippen LogP contribution in [0.4, 0.5) is 0 Å². The number of imidazole rings is 1. The molecule has 30 heavy (non-hydrogen) atoms. The van der Waals surface area contributed by atoms with Crippen LogP contribution in [0.1, 0.15) is 53.0 Å². The number of aromatic hydroxyl groups is 1. The Balaban J connectivity index is 1.51. The van der Waals surface area contributed by atoms with E-state index in [-0.39, 0.29) is 11.7 Å². The Labute approximate surface area is 177 Å². The number of amides is 1. The average molecular weight is 407 g/mol. The van der Waals surface area contributed by atoms with E-state index in [0.717, 1.165) is 61.4 Å². The molecule has 3 heterocycles. The van der Waals surface area contributed by atoms with Gasteiger partial charge < -0.3 is 19.7 Å². The number of benzene rings is 1. The molecule has 3 aromatic rings. The molecule has 0 saturated carbocycles. The molecule has 0 atom stereocenters. The van der Waals surface area contributed by atoms with Gasteiger partial charge in [0.15, 0.2) is 5.69 Å². The van der Waals surface area contributed by atoms with Crippen molar-refractivity contribution in [2.24, 2.45) is 0 Å². The lowest BCUT2D eigenvalue weighted by molar-refractivity contribution is 0.0755. The zero-order valence-corrected chi connectivity index (χ0v) is 17.6. The van der Waals surface area contributed by atoms with Gasteiger partial charge in [-0.1, -0.05) is 25.0 Å². The number of carbonyl (C=O) groups is 1. The predicted octanol–water partition coefficient (Wildman–Crippen LogP) is 3.70. The summed E-state index contributed by atoms with van der Waals surface area (Å²) in [6, 6.07) is 11.4. The van der Waals surface area contributed by atoms with Gasteiger partial charge in [0.05, 0.1) is 5.69 Å². The summed E-state index contributed by atoms with van der Waals surface area (Å²) in [7, 11) is 0. The fourth-order valence-electron chi connectivity index (χ4n) is 4.06. The summed E-state index contributed by atoms with van der Waals surface area (Å²) in [6.07, 6.45) is 7.38. The van der Waals surface area contributed by atoms with Gasteiger partial charge in [0.2, 0.25) is 0 Å². The molecule has 6 nitrogen and oxygen atoms in total. The van der Waals surface area contributed by atoms with E-state index < -0.39 is 0 Å². The third kappa shape index (κ3) is 4.65. The summed E-state index contributed by atoms with van der Waals surface area (Å²) < 4.78 is 2.03. The van der Waals surface area contributed by atoms with Crippen molar-refractivity contribution >= 4 is 11.6 Å². The van der Waals surface area contributed by atoms with Crippen molar-refractivity contribution < 1.29 is 9.90 Å². The van der Waals surface area contributed by atoms with Crippen LogP contribution >= 0.6 is 0 Å². The number of pyridine rings is 1. The minimum atomic E-state index is 0.0496. The maximum Gasteiger partial charge on any atom is 0.274 e. The third-order valence-electron chi connectivity index (χ3n) is 5.80. The summed E-state index contributed by atoms with van der Waals surface area (Å²) in [5.74, 6) is 0.331. The van der Waals surface area contributed by atoms with E-state index >= 15 is 0 Å². The van der Waals surface area contributed by atoms with Gasteiger partial charge >= 0.3 is 0 Å². The van der Waals surface area contributed by atoms with Gasteiger partial charge in [-0.05, 0) is 68.1 Å². The number of hydrogen-bond donors (Lipinski definition) is 2. The first kappa shape index (κ1) is 20.4. The molecule has 0 radical (unpaired) electrons. The second-order valence-electron chi connectivity index (χ2n) is 8.14. The number of aryl methyl sites for hydroxylation is 1. The molecule has 1 amide bonds. The molecule has 2 N–H and O–H groups in total. The molecular weight excluding hydrogens is 376 g/mol. The van der Waals surface area contributed by atoms with Crippen molar-refractivity contribution in [3.63, 3.8) is 0 Å². The zero-order chi connectivity index (χ0) is 20.9. The van der Waals surface area contributed by atoms with Gasteiger partial charge in [-0.3, -0.25) is 4.79 Å². The van der Waals surface area contributed by atoms with Crippen LogP contribution in [0, 0.1) is 6.92 Å². The van der Waals surface area contributed by atoms with Crippen LogP contribution in [0.5, 0.6) is 5.75 Å². The van der Waals surface area contributed by atoms with E-state index in [9.17, 15) is 9.90 Å². The predicted molar refractivity (Wildman–Crippen MR) is 118 cm³/mol. The summed E-state index contributed by atoms with van der Waals surface area (Å²) in [6.45, 7) is 5.04. The lowest BCUT2D eigenvalue weighted by Gasteiger charge is -2.20. The maximum absolute atomic E-state index is 13.3. The molecular formula is C24H30N4O2. The molecule has 4 rings (SSSR count). The van der Waals surface area contributed by atoms with Gasteiger partial charge in [-0.2, -0.15) is 0 Å². The lowest BCUT2D eigenvalue weighted by atomic mass is 10.1. The number of phenols is 1. The zero-order valence-electron chi connectivity index (χ0n) is 17.6. The maximum atomic E-state index is 13.3. The van der Waals surface area contributed by atoms with Gasteiger partial charge in [-0.15, -0.1) is 0 Å². The van der Waals surface area contributed by atoms with E-state index in [2.05, 4.69) is 11.4 Å². The standard InChI is InChI=1S/C24H30N4O2/c1-18-11-15-28-21(17-25-12-10-19-6-8-20(29)9-7-19)23(26-22(28)16-18)24(30)27-13-4-2-3-5-14-27/h6-9,11,15-16,25,29H,2-5,10,12-14,17H2,1H3. The highest BCUT2D eigenvalue weighted by Gasteiger charge is 2.24. The Bertz CT molecular complexity index is 1000. The highest BCUT2D eigenvalue weighted by Crippen LogP contribution is 2.19. The topological polar surface area (TPSA) is 69.9 Å². The van der Waals surface area contributed by atoms with Crippen LogP contribution in [0.2, 0.25) is 0 Å². The lowest BCUT2D eigenvalue weighted by Crippen LogP contribution is -2.33. The Morgan fingerprint density at radius 3 is 2.57 bits per heavy atom. The Hall–Kier alpha value is -2.86. The molecule has 1 saturated heterocycles. The second-order valence-corrected chi connectivity index (χ2v) is 8.14. The molecule has 158 valence electrons. The number of hydrogen-bond acceptors (Lipinski definition) is 4. The Morgan fingerprint density at radius 2 is 1.83 bits per heavy atom. The van der Waals surface area contributed by atoms with Crippen LogP contribution in [0.15, 0.2) is 42.6 Å². The van der Waals surface area contributed by atoms with E-state index in [1.165, 1.54) is 12.8 Å². The summed E-state index contributed by atoms with van der Waals surface area (Å²) in [5, 5.41) is 12.9. The average Bonchev–Trinajstić information content (AvgIpc) is 2.91. The molecule has 1 aliphatic rings. The van der Waals surface area contributed by atoms with Gasteiger partial charge in [0.1, 0.15) is 11.4 Å². The molecule has 0 aliphatic carbocycles. The number of rotatable bonds is 6. The van der Waals surface area contributed by atoms with Crippen LogP contribution in [0.25, 0.3) is 5.65 Å². The number of phenolic OH excluding ortho intramolecular Hbond substituents is 1. The van der Waals surface area contributed by atoms with Crippen molar-refractivity contribution in [3.8, 4) is 5.75 Å². The number of fused-ring (bicyclic) bond motifs is 1. The quantitative estimate of drug-likeness (QED) is 0.613. The SMILES string of the molecule is Cc1ccn2c(CNCCc3ccc(O)cc3)c(C(=O)N3CCCCCC3)nc2c1. The monoisotopic (exact) mass is 406 g/mol. The first-order chi connectivity index (χ1) is 14.6. The van der Waals surface area contributed by atoms with Crippen molar-refractivity contribution in [1.82, 2.24) is 19.6 Å². The van der Waals surface area contributed by atoms with Crippen molar-refractivity contribution in [1.29, 1.82) is 0 Å². The Morgan fingerprint density at radius 1 is 1.10 bits per heavy atom. The van der Waals surface area contributed by atoms with Crippen LogP contribution in [-0.2, 0) is 13.0 Å². The number of likely N-dealkylation sites (tertiary alicyclic amines) is 1. The summed E-state index contributed by atoms with van der Waals surface area (Å²) >= 11 is 0. The molecule has 1 aromatic carbocycles. The van der Waals surface area contributed by atoms with Gasteiger partial charge in [0, 0.05) is 25.8 Å².